The fourth-order valence-corrected chi connectivity index (χ4v) is 2.85. The van der Waals surface area contributed by atoms with E-state index in [1.165, 1.54) is 6.07 Å². The van der Waals surface area contributed by atoms with Crippen molar-refractivity contribution in [1.82, 2.24) is 5.32 Å². The van der Waals surface area contributed by atoms with Gasteiger partial charge in [0.2, 0.25) is 11.7 Å². The maximum atomic E-state index is 13.6. The molecule has 3 aromatic carbocycles. The second-order valence-electron chi connectivity index (χ2n) is 6.49. The molecule has 0 heterocycles. The number of rotatable bonds is 7. The molecule has 152 valence electrons. The van der Waals surface area contributed by atoms with Crippen molar-refractivity contribution in [2.24, 2.45) is 0 Å². The zero-order chi connectivity index (χ0) is 21.5. The average molecular weight is 407 g/mol. The molecule has 0 radical (unpaired) electrons. The zero-order valence-electron chi connectivity index (χ0n) is 15.7. The summed E-state index contributed by atoms with van der Waals surface area (Å²) in [6.07, 6.45) is 0.203. The molecule has 2 amide bonds. The lowest BCUT2D eigenvalue weighted by Crippen LogP contribution is -2.45. The first-order valence-electron chi connectivity index (χ1n) is 9.08. The van der Waals surface area contributed by atoms with Crippen molar-refractivity contribution in [2.75, 3.05) is 5.32 Å². The highest BCUT2D eigenvalue weighted by Crippen LogP contribution is 2.22. The summed E-state index contributed by atoms with van der Waals surface area (Å²) in [5.41, 5.74) is 0.512. The van der Waals surface area contributed by atoms with Crippen molar-refractivity contribution < 1.29 is 18.9 Å². The zero-order valence-corrected chi connectivity index (χ0v) is 15.7. The van der Waals surface area contributed by atoms with Gasteiger partial charge in [-0.05, 0) is 29.8 Å². The Morgan fingerprint density at radius 2 is 1.60 bits per heavy atom. The van der Waals surface area contributed by atoms with Gasteiger partial charge in [-0.1, -0.05) is 48.5 Å². The van der Waals surface area contributed by atoms with Crippen LogP contribution in [-0.2, 0) is 11.2 Å². The van der Waals surface area contributed by atoms with Crippen LogP contribution in [-0.4, -0.2) is 22.8 Å². The van der Waals surface area contributed by atoms with Crippen LogP contribution in [0.5, 0.6) is 0 Å². The molecule has 0 aliphatic heterocycles. The van der Waals surface area contributed by atoms with Crippen LogP contribution >= 0.6 is 0 Å². The van der Waals surface area contributed by atoms with Gasteiger partial charge in [-0.25, -0.2) is 0 Å². The molecule has 8 heteroatoms. The van der Waals surface area contributed by atoms with Gasteiger partial charge in [0.25, 0.3) is 5.91 Å². The molecule has 0 aliphatic rings. The molecule has 2 N–H and O–H groups in total. The number of nitro benzene ring substituents is 1. The van der Waals surface area contributed by atoms with Crippen molar-refractivity contribution in [2.45, 2.75) is 12.5 Å². The van der Waals surface area contributed by atoms with E-state index in [1.54, 1.807) is 30.3 Å². The number of amides is 2. The first-order chi connectivity index (χ1) is 14.4. The molecule has 0 saturated heterocycles. The molecule has 0 saturated carbocycles. The monoisotopic (exact) mass is 407 g/mol. The van der Waals surface area contributed by atoms with Crippen molar-refractivity contribution >= 4 is 23.2 Å². The van der Waals surface area contributed by atoms with E-state index in [4.69, 9.17) is 0 Å². The third-order valence-corrected chi connectivity index (χ3v) is 4.35. The fourth-order valence-electron chi connectivity index (χ4n) is 2.85. The van der Waals surface area contributed by atoms with Gasteiger partial charge >= 0.3 is 5.69 Å². The third-order valence-electron chi connectivity index (χ3n) is 4.35. The normalized spacial score (nSPS) is 11.4. The summed E-state index contributed by atoms with van der Waals surface area (Å²) in [4.78, 5) is 35.5. The largest absolute Gasteiger partial charge is 0.340 e. The molecule has 1 atom stereocenters. The van der Waals surface area contributed by atoms with Crippen molar-refractivity contribution in [3.63, 3.8) is 0 Å². The van der Waals surface area contributed by atoms with Gasteiger partial charge in [0, 0.05) is 23.7 Å². The summed E-state index contributed by atoms with van der Waals surface area (Å²) < 4.78 is 13.6. The predicted molar refractivity (Wildman–Crippen MR) is 110 cm³/mol. The number of nitrogens with zero attached hydrogens (tertiary/aromatic N) is 1. The molecule has 0 spiro atoms. The van der Waals surface area contributed by atoms with Crippen LogP contribution in [0.3, 0.4) is 0 Å². The van der Waals surface area contributed by atoms with Gasteiger partial charge in [0.05, 0.1) is 4.92 Å². The summed E-state index contributed by atoms with van der Waals surface area (Å²) in [7, 11) is 0. The Morgan fingerprint density at radius 1 is 0.967 bits per heavy atom. The van der Waals surface area contributed by atoms with Crippen LogP contribution in [0.2, 0.25) is 0 Å². The smallest absolute Gasteiger partial charge is 0.306 e. The minimum Gasteiger partial charge on any atom is -0.340 e. The van der Waals surface area contributed by atoms with E-state index in [9.17, 15) is 24.1 Å². The van der Waals surface area contributed by atoms with Gasteiger partial charge in [-0.3, -0.25) is 19.7 Å². The summed E-state index contributed by atoms with van der Waals surface area (Å²) in [5, 5.41) is 16.1. The van der Waals surface area contributed by atoms with E-state index >= 15 is 0 Å². The van der Waals surface area contributed by atoms with E-state index in [0.29, 0.717) is 5.56 Å². The highest BCUT2D eigenvalue weighted by molar-refractivity contribution is 6.01. The van der Waals surface area contributed by atoms with Gasteiger partial charge in [0.1, 0.15) is 6.04 Å². The van der Waals surface area contributed by atoms with Crippen LogP contribution in [0.15, 0.2) is 78.9 Å². The van der Waals surface area contributed by atoms with E-state index in [-0.39, 0.29) is 12.1 Å². The fraction of sp³-hybridized carbons (Fsp3) is 0.0909. The number of nitrogens with one attached hydrogen (secondary N) is 2. The Hall–Kier alpha value is -4.07. The number of nitro groups is 1. The standard InChI is InChI=1S/C22H18FN3O4/c23-18-12-11-17(14-20(18)26(29)30)24-22(28)19(13-15-7-3-1-4-8-15)25-21(27)16-9-5-2-6-10-16/h1-12,14,19H,13H2,(H,24,28)(H,25,27)/t19-/m0/s1. The van der Waals surface area contributed by atoms with E-state index in [1.807, 2.05) is 30.3 Å². The van der Waals surface area contributed by atoms with Crippen molar-refractivity contribution in [3.8, 4) is 0 Å². The summed E-state index contributed by atoms with van der Waals surface area (Å²) >= 11 is 0. The average Bonchev–Trinajstić information content (AvgIpc) is 2.75. The minimum absolute atomic E-state index is 0.0557. The number of hydrogen-bond donors (Lipinski definition) is 2. The van der Waals surface area contributed by atoms with E-state index in [2.05, 4.69) is 10.6 Å². The SMILES string of the molecule is O=C(N[C@@H](Cc1ccccc1)C(=O)Nc1ccc(F)c([N+](=O)[O-])c1)c1ccccc1. The number of hydrogen-bond acceptors (Lipinski definition) is 4. The molecule has 0 aromatic heterocycles. The molecule has 7 nitrogen and oxygen atoms in total. The Kier molecular flexibility index (Phi) is 6.49. The summed E-state index contributed by atoms with van der Waals surface area (Å²) in [6, 6.07) is 19.6. The lowest BCUT2D eigenvalue weighted by Gasteiger charge is -2.19. The molecule has 0 aliphatic carbocycles. The second kappa shape index (κ2) is 9.42. The number of halogens is 1. The molecule has 0 bridgehead atoms. The maximum Gasteiger partial charge on any atom is 0.306 e. The Labute approximate surface area is 171 Å². The number of carbonyl (C=O) groups is 2. The summed E-state index contributed by atoms with van der Waals surface area (Å²) in [6.45, 7) is 0. The molecular weight excluding hydrogens is 389 g/mol. The number of anilines is 1. The van der Waals surface area contributed by atoms with Gasteiger partial charge in [-0.15, -0.1) is 0 Å². The lowest BCUT2D eigenvalue weighted by atomic mass is 10.0. The lowest BCUT2D eigenvalue weighted by molar-refractivity contribution is -0.387. The summed E-state index contributed by atoms with van der Waals surface area (Å²) in [5.74, 6) is -2.02. The van der Waals surface area contributed by atoms with Crippen molar-refractivity contribution in [3.05, 3.63) is 106 Å². The molecule has 3 rings (SSSR count). The first-order valence-corrected chi connectivity index (χ1v) is 9.08. The second-order valence-corrected chi connectivity index (χ2v) is 6.49. The maximum absolute atomic E-state index is 13.6. The molecule has 30 heavy (non-hydrogen) atoms. The number of carbonyl (C=O) groups excluding carboxylic acids is 2. The molecule has 0 unspecified atom stereocenters. The molecular formula is C22H18FN3O4. The van der Waals surface area contributed by atoms with E-state index < -0.39 is 34.3 Å². The highest BCUT2D eigenvalue weighted by Gasteiger charge is 2.23. The van der Waals surface area contributed by atoms with Crippen LogP contribution in [0.25, 0.3) is 0 Å². The third kappa shape index (κ3) is 5.26. The minimum atomic E-state index is -1.00. The Balaban J connectivity index is 1.81. The molecule has 3 aromatic rings. The predicted octanol–water partition coefficient (Wildman–Crippen LogP) is 3.71. The number of benzene rings is 3. The van der Waals surface area contributed by atoms with Crippen LogP contribution in [0.4, 0.5) is 15.8 Å². The van der Waals surface area contributed by atoms with Gasteiger partial charge < -0.3 is 10.6 Å². The van der Waals surface area contributed by atoms with E-state index in [0.717, 1.165) is 17.7 Å². The van der Waals surface area contributed by atoms with Crippen LogP contribution in [0.1, 0.15) is 15.9 Å². The Bertz CT molecular complexity index is 1060. The van der Waals surface area contributed by atoms with Gasteiger partial charge in [0.15, 0.2) is 0 Å². The van der Waals surface area contributed by atoms with Crippen LogP contribution in [0, 0.1) is 15.9 Å². The first kappa shape index (κ1) is 20.7. The van der Waals surface area contributed by atoms with Crippen molar-refractivity contribution in [1.29, 1.82) is 0 Å². The quantitative estimate of drug-likeness (QED) is 0.460. The highest BCUT2D eigenvalue weighted by atomic mass is 19.1. The van der Waals surface area contributed by atoms with Gasteiger partial charge in [-0.2, -0.15) is 4.39 Å². The molecule has 0 fully saturated rings. The Morgan fingerprint density at radius 3 is 2.23 bits per heavy atom. The topological polar surface area (TPSA) is 101 Å². The van der Waals surface area contributed by atoms with Crippen LogP contribution < -0.4 is 10.6 Å².